The molecule has 172 valence electrons. The van der Waals surface area contributed by atoms with Crippen LogP contribution in [-0.4, -0.2) is 53.9 Å². The lowest BCUT2D eigenvalue weighted by Crippen LogP contribution is -2.54. The van der Waals surface area contributed by atoms with Crippen molar-refractivity contribution in [3.05, 3.63) is 35.9 Å². The van der Waals surface area contributed by atoms with Gasteiger partial charge in [0, 0.05) is 25.7 Å². The number of carbonyl (C=O) groups is 1. The fourth-order valence-corrected chi connectivity index (χ4v) is 5.81. The molecule has 1 atom stereocenters. The van der Waals surface area contributed by atoms with Gasteiger partial charge in [0.1, 0.15) is 13.3 Å². The normalized spacial score (nSPS) is 24.5. The van der Waals surface area contributed by atoms with E-state index in [0.29, 0.717) is 12.6 Å². The molecule has 2 aliphatic heterocycles. The number of hydrogen-bond acceptors (Lipinski definition) is 4. The van der Waals surface area contributed by atoms with Crippen LogP contribution in [0.1, 0.15) is 76.7 Å². The van der Waals surface area contributed by atoms with E-state index in [-0.39, 0.29) is 11.7 Å². The van der Waals surface area contributed by atoms with Crippen molar-refractivity contribution in [2.24, 2.45) is 5.92 Å². The second-order valence-electron chi connectivity index (χ2n) is 9.80. The van der Waals surface area contributed by atoms with Crippen LogP contribution in [-0.2, 0) is 16.1 Å². The molecule has 2 saturated heterocycles. The second-order valence-corrected chi connectivity index (χ2v) is 9.80. The van der Waals surface area contributed by atoms with Crippen molar-refractivity contribution in [2.45, 2.75) is 89.4 Å². The molecule has 0 N–H and O–H groups in total. The number of ether oxygens (including phenoxy) is 2. The van der Waals surface area contributed by atoms with E-state index in [4.69, 9.17) is 9.47 Å². The Morgan fingerprint density at radius 2 is 1.87 bits per heavy atom. The summed E-state index contributed by atoms with van der Waals surface area (Å²) in [5.41, 5.74) is 0.946. The number of amides is 1. The van der Waals surface area contributed by atoms with Gasteiger partial charge in [0.05, 0.1) is 5.60 Å². The Labute approximate surface area is 188 Å². The monoisotopic (exact) mass is 428 g/mol. The quantitative estimate of drug-likeness (QED) is 0.568. The fraction of sp³-hybridized carbons (Fsp3) is 0.731. The van der Waals surface area contributed by atoms with Gasteiger partial charge in [-0.15, -0.1) is 0 Å². The molecule has 0 radical (unpaired) electrons. The van der Waals surface area contributed by atoms with Crippen LogP contribution in [0.4, 0.5) is 4.79 Å². The zero-order valence-electron chi connectivity index (χ0n) is 19.3. The van der Waals surface area contributed by atoms with Crippen LogP contribution in [0.5, 0.6) is 0 Å². The van der Waals surface area contributed by atoms with Crippen LogP contribution < -0.4 is 0 Å². The molecule has 3 aliphatic rings. The minimum atomic E-state index is -0.194. The van der Waals surface area contributed by atoms with E-state index in [2.05, 4.69) is 11.8 Å². The van der Waals surface area contributed by atoms with Gasteiger partial charge in [-0.1, -0.05) is 69.4 Å². The predicted octanol–water partition coefficient (Wildman–Crippen LogP) is 5.59. The Bertz CT molecular complexity index is 681. The number of hydrogen-bond donors (Lipinski definition) is 0. The summed E-state index contributed by atoms with van der Waals surface area (Å²) in [6, 6.07) is 10.4. The third-order valence-electron chi connectivity index (χ3n) is 7.69. The highest BCUT2D eigenvalue weighted by Crippen LogP contribution is 2.41. The molecule has 31 heavy (non-hydrogen) atoms. The SMILES string of the molecule is CCCCC1N(CC2CCCCC2)COC12CCN(C(=O)OCc1ccccc1)CC2. The summed E-state index contributed by atoms with van der Waals surface area (Å²) in [6.07, 6.45) is 12.3. The first kappa shape index (κ1) is 22.6. The first-order chi connectivity index (χ1) is 15.2. The zero-order valence-corrected chi connectivity index (χ0v) is 19.3. The maximum absolute atomic E-state index is 12.6. The minimum Gasteiger partial charge on any atom is -0.445 e. The summed E-state index contributed by atoms with van der Waals surface area (Å²) >= 11 is 0. The Morgan fingerprint density at radius 3 is 2.58 bits per heavy atom. The van der Waals surface area contributed by atoms with E-state index in [9.17, 15) is 4.79 Å². The lowest BCUT2D eigenvalue weighted by atomic mass is 9.81. The smallest absolute Gasteiger partial charge is 0.410 e. The molecule has 1 unspecified atom stereocenters. The lowest BCUT2D eigenvalue weighted by molar-refractivity contribution is -0.0514. The first-order valence-corrected chi connectivity index (χ1v) is 12.5. The van der Waals surface area contributed by atoms with Crippen LogP contribution >= 0.6 is 0 Å². The summed E-state index contributed by atoms with van der Waals surface area (Å²) in [6.45, 7) is 6.04. The molecular formula is C26H40N2O3. The predicted molar refractivity (Wildman–Crippen MR) is 123 cm³/mol. The van der Waals surface area contributed by atoms with Crippen LogP contribution in [0.2, 0.25) is 0 Å². The van der Waals surface area contributed by atoms with Gasteiger partial charge in [0.2, 0.25) is 0 Å². The Balaban J connectivity index is 1.32. The third kappa shape index (κ3) is 5.61. The number of likely N-dealkylation sites (tertiary alicyclic amines) is 1. The van der Waals surface area contributed by atoms with E-state index in [1.807, 2.05) is 35.2 Å². The molecule has 1 amide bonds. The molecule has 2 heterocycles. The van der Waals surface area contributed by atoms with Crippen molar-refractivity contribution < 1.29 is 14.3 Å². The van der Waals surface area contributed by atoms with Gasteiger partial charge >= 0.3 is 6.09 Å². The number of piperidine rings is 1. The lowest BCUT2D eigenvalue weighted by Gasteiger charge is -2.43. The minimum absolute atomic E-state index is 0.0833. The second kappa shape index (κ2) is 10.8. The molecule has 0 bridgehead atoms. The molecule has 1 spiro atoms. The van der Waals surface area contributed by atoms with Gasteiger partial charge in [-0.25, -0.2) is 4.79 Å². The topological polar surface area (TPSA) is 42.0 Å². The van der Waals surface area contributed by atoms with Gasteiger partial charge in [0.15, 0.2) is 0 Å². The highest BCUT2D eigenvalue weighted by Gasteiger charge is 2.50. The Hall–Kier alpha value is -1.59. The zero-order chi connectivity index (χ0) is 21.5. The Kier molecular flexibility index (Phi) is 7.89. The first-order valence-electron chi connectivity index (χ1n) is 12.5. The summed E-state index contributed by atoms with van der Waals surface area (Å²) in [5.74, 6) is 0.838. The maximum Gasteiger partial charge on any atom is 0.410 e. The molecule has 1 saturated carbocycles. The maximum atomic E-state index is 12.6. The van der Waals surface area contributed by atoms with Crippen molar-refractivity contribution in [1.82, 2.24) is 9.80 Å². The summed E-state index contributed by atoms with van der Waals surface area (Å²) < 4.78 is 12.1. The number of carbonyl (C=O) groups excluding carboxylic acids is 1. The highest BCUT2D eigenvalue weighted by molar-refractivity contribution is 5.67. The molecule has 4 rings (SSSR count). The molecule has 1 aliphatic carbocycles. The van der Waals surface area contributed by atoms with Gasteiger partial charge in [-0.3, -0.25) is 4.90 Å². The number of rotatable bonds is 7. The van der Waals surface area contributed by atoms with Crippen molar-refractivity contribution in [1.29, 1.82) is 0 Å². The van der Waals surface area contributed by atoms with E-state index < -0.39 is 0 Å². The van der Waals surface area contributed by atoms with Gasteiger partial charge in [-0.05, 0) is 43.6 Å². The molecular weight excluding hydrogens is 388 g/mol. The molecule has 1 aromatic carbocycles. The summed E-state index contributed by atoms with van der Waals surface area (Å²) in [7, 11) is 0. The molecule has 5 nitrogen and oxygen atoms in total. The Morgan fingerprint density at radius 1 is 1.13 bits per heavy atom. The van der Waals surface area contributed by atoms with Crippen molar-refractivity contribution in [2.75, 3.05) is 26.4 Å². The largest absolute Gasteiger partial charge is 0.445 e. The van der Waals surface area contributed by atoms with Crippen LogP contribution in [0.15, 0.2) is 30.3 Å². The number of unbranched alkanes of at least 4 members (excludes halogenated alkanes) is 1. The van der Waals surface area contributed by atoms with E-state index in [1.54, 1.807) is 0 Å². The molecule has 5 heteroatoms. The number of nitrogens with zero attached hydrogens (tertiary/aromatic N) is 2. The molecule has 1 aromatic rings. The van der Waals surface area contributed by atoms with E-state index in [1.165, 1.54) is 57.9 Å². The fourth-order valence-electron chi connectivity index (χ4n) is 5.81. The summed E-state index contributed by atoms with van der Waals surface area (Å²) in [4.78, 5) is 17.1. The molecule has 0 aromatic heterocycles. The van der Waals surface area contributed by atoms with Crippen molar-refractivity contribution in [3.63, 3.8) is 0 Å². The standard InChI is InChI=1S/C26H40N2O3/c1-2-3-14-24-26(31-21-28(24)19-22-10-6-4-7-11-22)15-17-27(18-16-26)25(29)30-20-23-12-8-5-9-13-23/h5,8-9,12-13,22,24H,2-4,6-7,10-11,14-21H2,1H3. The summed E-state index contributed by atoms with van der Waals surface area (Å²) in [5, 5.41) is 0. The average molecular weight is 429 g/mol. The van der Waals surface area contributed by atoms with Gasteiger partial charge < -0.3 is 14.4 Å². The van der Waals surface area contributed by atoms with Crippen molar-refractivity contribution >= 4 is 6.09 Å². The van der Waals surface area contributed by atoms with E-state index >= 15 is 0 Å². The average Bonchev–Trinajstić information content (AvgIpc) is 3.14. The van der Waals surface area contributed by atoms with Crippen LogP contribution in [0.3, 0.4) is 0 Å². The number of benzene rings is 1. The van der Waals surface area contributed by atoms with Gasteiger partial charge in [0.25, 0.3) is 0 Å². The van der Waals surface area contributed by atoms with Crippen LogP contribution in [0, 0.1) is 5.92 Å². The van der Waals surface area contributed by atoms with Crippen molar-refractivity contribution in [3.8, 4) is 0 Å². The highest BCUT2D eigenvalue weighted by atomic mass is 16.6. The van der Waals surface area contributed by atoms with Crippen LogP contribution in [0.25, 0.3) is 0 Å². The van der Waals surface area contributed by atoms with E-state index in [0.717, 1.165) is 44.1 Å². The molecule has 3 fully saturated rings. The third-order valence-corrected chi connectivity index (χ3v) is 7.69. The van der Waals surface area contributed by atoms with Gasteiger partial charge in [-0.2, -0.15) is 0 Å².